The molecule has 0 saturated heterocycles. The molecule has 0 fully saturated rings. The Hall–Kier alpha value is -2.81. The van der Waals surface area contributed by atoms with E-state index in [1.165, 1.54) is 12.1 Å². The van der Waals surface area contributed by atoms with E-state index in [0.29, 0.717) is 48.5 Å². The summed E-state index contributed by atoms with van der Waals surface area (Å²) in [6.45, 7) is 2.23. The predicted molar refractivity (Wildman–Crippen MR) is 130 cm³/mol. The van der Waals surface area contributed by atoms with Gasteiger partial charge in [-0.3, -0.25) is 10.1 Å². The Kier molecular flexibility index (Phi) is 8.72. The zero-order valence-corrected chi connectivity index (χ0v) is 19.8. The van der Waals surface area contributed by atoms with Crippen LogP contribution in [0.15, 0.2) is 65.1 Å². The maximum absolute atomic E-state index is 10.8. The molecular formula is C23H23BrClN3O4. The van der Waals surface area contributed by atoms with E-state index < -0.39 is 4.92 Å². The highest BCUT2D eigenvalue weighted by atomic mass is 79.9. The van der Waals surface area contributed by atoms with Crippen molar-refractivity contribution in [3.05, 3.63) is 91.4 Å². The number of nitro groups is 1. The third-order valence-electron chi connectivity index (χ3n) is 4.64. The van der Waals surface area contributed by atoms with E-state index in [2.05, 4.69) is 26.6 Å². The zero-order chi connectivity index (χ0) is 22.9. The average molecular weight is 521 g/mol. The van der Waals surface area contributed by atoms with Gasteiger partial charge in [0.2, 0.25) is 0 Å². The molecule has 3 aromatic rings. The van der Waals surface area contributed by atoms with Crippen LogP contribution in [0.1, 0.15) is 11.1 Å². The van der Waals surface area contributed by atoms with E-state index in [0.717, 1.165) is 15.6 Å². The van der Waals surface area contributed by atoms with E-state index in [9.17, 15) is 10.1 Å². The molecule has 0 unspecified atom stereocenters. The molecule has 9 heteroatoms. The zero-order valence-electron chi connectivity index (χ0n) is 17.4. The number of non-ortho nitro benzene ring substituents is 1. The lowest BCUT2D eigenvalue weighted by atomic mass is 10.1. The predicted octanol–water partition coefficient (Wildman–Crippen LogP) is 5.80. The maximum atomic E-state index is 10.8. The molecule has 0 aliphatic heterocycles. The Morgan fingerprint density at radius 1 is 1.09 bits per heavy atom. The van der Waals surface area contributed by atoms with Crippen molar-refractivity contribution in [1.29, 1.82) is 0 Å². The van der Waals surface area contributed by atoms with Crippen molar-refractivity contribution in [3.63, 3.8) is 0 Å². The molecule has 0 heterocycles. The molecule has 0 radical (unpaired) electrons. The minimum absolute atomic E-state index is 0.0368. The summed E-state index contributed by atoms with van der Waals surface area (Å²) < 4.78 is 12.5. The van der Waals surface area contributed by atoms with Crippen LogP contribution in [0.25, 0.3) is 0 Å². The molecule has 3 rings (SSSR count). The SMILES string of the molecule is COc1cc(Br)cc(CNCCNc2ccc([N+](=O)[O-])cc2Cl)c1OCc1ccccc1. The van der Waals surface area contributed by atoms with Gasteiger partial charge in [-0.2, -0.15) is 0 Å². The fourth-order valence-corrected chi connectivity index (χ4v) is 3.79. The van der Waals surface area contributed by atoms with Crippen molar-refractivity contribution >= 4 is 38.9 Å². The molecule has 0 atom stereocenters. The average Bonchev–Trinajstić information content (AvgIpc) is 2.79. The summed E-state index contributed by atoms with van der Waals surface area (Å²) in [5.74, 6) is 1.35. The Balaban J connectivity index is 1.58. The van der Waals surface area contributed by atoms with E-state index in [1.54, 1.807) is 13.2 Å². The van der Waals surface area contributed by atoms with Gasteiger partial charge in [-0.1, -0.05) is 57.9 Å². The second-order valence-electron chi connectivity index (χ2n) is 6.90. The lowest BCUT2D eigenvalue weighted by Gasteiger charge is -2.17. The van der Waals surface area contributed by atoms with Crippen molar-refractivity contribution in [1.82, 2.24) is 5.32 Å². The summed E-state index contributed by atoms with van der Waals surface area (Å²) in [6, 6.07) is 18.2. The summed E-state index contributed by atoms with van der Waals surface area (Å²) in [7, 11) is 1.62. The number of nitrogens with one attached hydrogen (secondary N) is 2. The Morgan fingerprint density at radius 3 is 2.56 bits per heavy atom. The van der Waals surface area contributed by atoms with Crippen LogP contribution in [0.4, 0.5) is 11.4 Å². The first-order valence-corrected chi connectivity index (χ1v) is 11.1. The lowest BCUT2D eigenvalue weighted by molar-refractivity contribution is -0.384. The summed E-state index contributed by atoms with van der Waals surface area (Å²) in [5, 5.41) is 17.7. The molecule has 0 spiro atoms. The minimum atomic E-state index is -0.471. The molecule has 0 aliphatic carbocycles. The molecule has 0 aromatic heterocycles. The fraction of sp³-hybridized carbons (Fsp3) is 0.217. The molecule has 7 nitrogen and oxygen atoms in total. The minimum Gasteiger partial charge on any atom is -0.493 e. The monoisotopic (exact) mass is 519 g/mol. The molecule has 2 N–H and O–H groups in total. The van der Waals surface area contributed by atoms with Gasteiger partial charge in [-0.25, -0.2) is 0 Å². The lowest BCUT2D eigenvalue weighted by Crippen LogP contribution is -2.22. The smallest absolute Gasteiger partial charge is 0.271 e. The quantitative estimate of drug-likeness (QED) is 0.189. The molecule has 0 amide bonds. The molecule has 32 heavy (non-hydrogen) atoms. The van der Waals surface area contributed by atoms with Gasteiger partial charge < -0.3 is 20.1 Å². The third-order valence-corrected chi connectivity index (χ3v) is 5.41. The van der Waals surface area contributed by atoms with Crippen LogP contribution in [0.3, 0.4) is 0 Å². The van der Waals surface area contributed by atoms with Gasteiger partial charge in [-0.15, -0.1) is 0 Å². The van der Waals surface area contributed by atoms with Gasteiger partial charge in [0, 0.05) is 41.8 Å². The van der Waals surface area contributed by atoms with Crippen molar-refractivity contribution in [2.75, 3.05) is 25.5 Å². The van der Waals surface area contributed by atoms with Crippen LogP contribution in [0, 0.1) is 10.1 Å². The van der Waals surface area contributed by atoms with Crippen molar-refractivity contribution < 1.29 is 14.4 Å². The highest BCUT2D eigenvalue weighted by molar-refractivity contribution is 9.10. The first-order valence-electron chi connectivity index (χ1n) is 9.89. The van der Waals surface area contributed by atoms with Gasteiger partial charge >= 0.3 is 0 Å². The van der Waals surface area contributed by atoms with Crippen molar-refractivity contribution in [3.8, 4) is 11.5 Å². The number of hydrogen-bond acceptors (Lipinski definition) is 6. The summed E-state index contributed by atoms with van der Waals surface area (Å²) in [5.41, 5.74) is 2.64. The Bertz CT molecular complexity index is 1070. The standard InChI is InChI=1S/C23H23BrClN3O4/c1-31-22-12-18(24)11-17(23(22)32-15-16-5-3-2-4-6-16)14-26-9-10-27-21-8-7-19(28(29)30)13-20(21)25/h2-8,11-13,26-27H,9-10,14-15H2,1H3. The van der Waals surface area contributed by atoms with Crippen LogP contribution >= 0.6 is 27.5 Å². The van der Waals surface area contributed by atoms with Gasteiger partial charge in [0.25, 0.3) is 5.69 Å². The van der Waals surface area contributed by atoms with Gasteiger partial charge in [0.1, 0.15) is 6.61 Å². The first kappa shape index (κ1) is 23.8. The maximum Gasteiger partial charge on any atom is 0.271 e. The highest BCUT2D eigenvalue weighted by Gasteiger charge is 2.13. The number of halogens is 2. The first-order chi connectivity index (χ1) is 15.5. The molecule has 0 bridgehead atoms. The van der Waals surface area contributed by atoms with E-state index >= 15 is 0 Å². The molecule has 168 valence electrons. The number of benzene rings is 3. The van der Waals surface area contributed by atoms with Crippen molar-refractivity contribution in [2.24, 2.45) is 0 Å². The number of methoxy groups -OCH3 is 1. The molecule has 0 saturated carbocycles. The number of nitrogens with zero attached hydrogens (tertiary/aromatic N) is 1. The van der Waals surface area contributed by atoms with E-state index in [-0.39, 0.29) is 5.69 Å². The topological polar surface area (TPSA) is 85.7 Å². The van der Waals surface area contributed by atoms with Crippen LogP contribution in [0.2, 0.25) is 5.02 Å². The summed E-state index contributed by atoms with van der Waals surface area (Å²) in [4.78, 5) is 10.3. The normalized spacial score (nSPS) is 10.6. The Morgan fingerprint density at radius 2 is 1.88 bits per heavy atom. The van der Waals surface area contributed by atoms with Crippen LogP contribution in [-0.4, -0.2) is 25.1 Å². The number of ether oxygens (including phenoxy) is 2. The molecular weight excluding hydrogens is 498 g/mol. The molecule has 3 aromatic carbocycles. The van der Waals surface area contributed by atoms with Crippen LogP contribution in [0.5, 0.6) is 11.5 Å². The molecule has 0 aliphatic rings. The van der Waals surface area contributed by atoms with Crippen molar-refractivity contribution in [2.45, 2.75) is 13.2 Å². The van der Waals surface area contributed by atoms with Crippen LogP contribution < -0.4 is 20.1 Å². The number of rotatable bonds is 11. The largest absolute Gasteiger partial charge is 0.493 e. The second kappa shape index (κ2) is 11.7. The summed E-state index contributed by atoms with van der Waals surface area (Å²) in [6.07, 6.45) is 0. The van der Waals surface area contributed by atoms with Gasteiger partial charge in [0.05, 0.1) is 22.7 Å². The highest BCUT2D eigenvalue weighted by Crippen LogP contribution is 2.35. The van der Waals surface area contributed by atoms with E-state index in [1.807, 2.05) is 42.5 Å². The van der Waals surface area contributed by atoms with Gasteiger partial charge in [0.15, 0.2) is 11.5 Å². The number of hydrogen-bond donors (Lipinski definition) is 2. The fourth-order valence-electron chi connectivity index (χ4n) is 3.07. The van der Waals surface area contributed by atoms with Crippen LogP contribution in [-0.2, 0) is 13.2 Å². The number of nitro benzene ring substituents is 1. The summed E-state index contributed by atoms with van der Waals surface area (Å²) >= 11 is 9.64. The van der Waals surface area contributed by atoms with Gasteiger partial charge in [-0.05, 0) is 23.8 Å². The second-order valence-corrected chi connectivity index (χ2v) is 8.22. The Labute approximate surface area is 200 Å². The van der Waals surface area contributed by atoms with E-state index in [4.69, 9.17) is 21.1 Å². The number of anilines is 1. The third kappa shape index (κ3) is 6.59.